The van der Waals surface area contributed by atoms with E-state index >= 15 is 0 Å². The van der Waals surface area contributed by atoms with Crippen LogP contribution in [-0.2, 0) is 5.41 Å². The molecule has 0 saturated carbocycles. The molecule has 132 valence electrons. The summed E-state index contributed by atoms with van der Waals surface area (Å²) in [5.41, 5.74) is 2.08. The van der Waals surface area contributed by atoms with E-state index in [-0.39, 0.29) is 17.6 Å². The summed E-state index contributed by atoms with van der Waals surface area (Å²) >= 11 is 0. The summed E-state index contributed by atoms with van der Waals surface area (Å²) in [6, 6.07) is 15.2. The van der Waals surface area contributed by atoms with Gasteiger partial charge in [-0.05, 0) is 35.2 Å². The van der Waals surface area contributed by atoms with Gasteiger partial charge in [0.15, 0.2) is 17.6 Å². The molecule has 2 amide bonds. The minimum Gasteiger partial charge on any atom is -0.486 e. The van der Waals surface area contributed by atoms with Crippen molar-refractivity contribution >= 4 is 11.7 Å². The lowest BCUT2D eigenvalue weighted by Gasteiger charge is -2.26. The maximum absolute atomic E-state index is 12.1. The molecule has 0 aromatic heterocycles. The fourth-order valence-corrected chi connectivity index (χ4v) is 2.60. The van der Waals surface area contributed by atoms with Crippen molar-refractivity contribution in [3.63, 3.8) is 0 Å². The number of hydrogen-bond acceptors (Lipinski definition) is 3. The average molecular weight is 340 g/mol. The van der Waals surface area contributed by atoms with Crippen molar-refractivity contribution in [2.45, 2.75) is 32.3 Å². The standard InChI is InChI=1S/C20H24N2O3/c1-20(2,3)14-8-10-15(11-9-14)22-19(23)21-12-16-13-24-17-6-4-5-7-18(17)25-16/h4-11,16H,12-13H2,1-3H3,(H2,21,22,23). The number of amides is 2. The van der Waals surface area contributed by atoms with Crippen LogP contribution in [0.15, 0.2) is 48.5 Å². The first-order valence-electron chi connectivity index (χ1n) is 8.46. The van der Waals surface area contributed by atoms with E-state index in [4.69, 9.17) is 9.47 Å². The van der Waals surface area contributed by atoms with E-state index in [2.05, 4.69) is 31.4 Å². The Balaban J connectivity index is 1.49. The Morgan fingerprint density at radius 2 is 1.76 bits per heavy atom. The number of benzene rings is 2. The zero-order valence-corrected chi connectivity index (χ0v) is 14.8. The smallest absolute Gasteiger partial charge is 0.319 e. The maximum Gasteiger partial charge on any atom is 0.319 e. The Labute approximate surface area is 148 Å². The molecule has 5 heteroatoms. The summed E-state index contributed by atoms with van der Waals surface area (Å²) < 4.78 is 11.5. The van der Waals surface area contributed by atoms with Gasteiger partial charge in [0.25, 0.3) is 0 Å². The van der Waals surface area contributed by atoms with Crippen molar-refractivity contribution in [3.05, 3.63) is 54.1 Å². The van der Waals surface area contributed by atoms with Gasteiger partial charge in [0.05, 0.1) is 6.54 Å². The number of urea groups is 1. The molecule has 0 saturated heterocycles. The van der Waals surface area contributed by atoms with Gasteiger partial charge < -0.3 is 20.1 Å². The molecule has 1 aliphatic rings. The molecule has 0 bridgehead atoms. The molecule has 1 aliphatic heterocycles. The SMILES string of the molecule is CC(C)(C)c1ccc(NC(=O)NCC2COc3ccccc3O2)cc1. The summed E-state index contributed by atoms with van der Waals surface area (Å²) in [6.45, 7) is 7.27. The number of anilines is 1. The van der Waals surface area contributed by atoms with E-state index < -0.39 is 0 Å². The van der Waals surface area contributed by atoms with Crippen LogP contribution in [0.5, 0.6) is 11.5 Å². The largest absolute Gasteiger partial charge is 0.486 e. The van der Waals surface area contributed by atoms with Crippen LogP contribution in [0.1, 0.15) is 26.3 Å². The van der Waals surface area contributed by atoms with Crippen LogP contribution in [0.25, 0.3) is 0 Å². The zero-order valence-electron chi connectivity index (χ0n) is 14.8. The summed E-state index contributed by atoms with van der Waals surface area (Å²) in [4.78, 5) is 12.1. The number of carbonyl (C=O) groups is 1. The minimum absolute atomic E-state index is 0.0927. The van der Waals surface area contributed by atoms with Crippen LogP contribution < -0.4 is 20.1 Å². The monoisotopic (exact) mass is 340 g/mol. The van der Waals surface area contributed by atoms with Gasteiger partial charge in [0.2, 0.25) is 0 Å². The first-order chi connectivity index (χ1) is 11.9. The molecule has 25 heavy (non-hydrogen) atoms. The number of carbonyl (C=O) groups excluding carboxylic acids is 1. The predicted octanol–water partition coefficient (Wildman–Crippen LogP) is 3.95. The van der Waals surface area contributed by atoms with Gasteiger partial charge in [0, 0.05) is 5.69 Å². The van der Waals surface area contributed by atoms with E-state index in [9.17, 15) is 4.79 Å². The van der Waals surface area contributed by atoms with Gasteiger partial charge in [-0.25, -0.2) is 4.79 Å². The van der Waals surface area contributed by atoms with Gasteiger partial charge in [-0.3, -0.25) is 0 Å². The Hall–Kier alpha value is -2.69. The van der Waals surface area contributed by atoms with E-state index in [1.54, 1.807) is 0 Å². The number of fused-ring (bicyclic) bond motifs is 1. The molecular weight excluding hydrogens is 316 g/mol. The summed E-state index contributed by atoms with van der Waals surface area (Å²) in [6.07, 6.45) is -0.205. The fraction of sp³-hybridized carbons (Fsp3) is 0.350. The van der Waals surface area contributed by atoms with Gasteiger partial charge in [-0.1, -0.05) is 45.0 Å². The Morgan fingerprint density at radius 3 is 2.44 bits per heavy atom. The molecule has 1 unspecified atom stereocenters. The lowest BCUT2D eigenvalue weighted by atomic mass is 9.87. The number of para-hydroxylation sites is 2. The summed E-state index contributed by atoms with van der Waals surface area (Å²) in [5, 5.41) is 5.65. The van der Waals surface area contributed by atoms with Crippen molar-refractivity contribution in [1.82, 2.24) is 5.32 Å². The molecule has 1 atom stereocenters. The van der Waals surface area contributed by atoms with Gasteiger partial charge in [-0.15, -0.1) is 0 Å². The first-order valence-corrected chi connectivity index (χ1v) is 8.46. The molecule has 0 fully saturated rings. The number of ether oxygens (including phenoxy) is 2. The Bertz CT molecular complexity index is 735. The topological polar surface area (TPSA) is 59.6 Å². The number of hydrogen-bond donors (Lipinski definition) is 2. The Morgan fingerprint density at radius 1 is 1.08 bits per heavy atom. The van der Waals surface area contributed by atoms with Crippen molar-refractivity contribution in [1.29, 1.82) is 0 Å². The highest BCUT2D eigenvalue weighted by Crippen LogP contribution is 2.30. The van der Waals surface area contributed by atoms with E-state index in [0.29, 0.717) is 18.9 Å². The molecule has 1 heterocycles. The molecule has 2 aromatic rings. The Kier molecular flexibility index (Phi) is 4.83. The molecule has 5 nitrogen and oxygen atoms in total. The van der Waals surface area contributed by atoms with Crippen LogP contribution in [-0.4, -0.2) is 25.3 Å². The molecule has 0 aliphatic carbocycles. The maximum atomic E-state index is 12.1. The molecule has 3 rings (SSSR count). The van der Waals surface area contributed by atoms with Crippen LogP contribution in [0.2, 0.25) is 0 Å². The quantitative estimate of drug-likeness (QED) is 0.889. The molecule has 0 spiro atoms. The van der Waals surface area contributed by atoms with E-state index in [0.717, 1.165) is 11.4 Å². The van der Waals surface area contributed by atoms with Crippen LogP contribution >= 0.6 is 0 Å². The van der Waals surface area contributed by atoms with Crippen LogP contribution in [0, 0.1) is 0 Å². The van der Waals surface area contributed by atoms with Crippen molar-refractivity contribution < 1.29 is 14.3 Å². The third-order valence-corrected chi connectivity index (χ3v) is 4.07. The lowest BCUT2D eigenvalue weighted by molar-refractivity contribution is 0.0922. The van der Waals surface area contributed by atoms with Gasteiger partial charge in [-0.2, -0.15) is 0 Å². The lowest BCUT2D eigenvalue weighted by Crippen LogP contribution is -2.42. The van der Waals surface area contributed by atoms with Crippen molar-refractivity contribution in [2.24, 2.45) is 0 Å². The highest BCUT2D eigenvalue weighted by atomic mass is 16.6. The summed E-state index contributed by atoms with van der Waals surface area (Å²) in [7, 11) is 0. The second kappa shape index (κ2) is 7.05. The number of nitrogens with one attached hydrogen (secondary N) is 2. The average Bonchev–Trinajstić information content (AvgIpc) is 2.59. The zero-order chi connectivity index (χ0) is 17.9. The summed E-state index contributed by atoms with van der Waals surface area (Å²) in [5.74, 6) is 1.45. The molecule has 0 radical (unpaired) electrons. The second-order valence-electron chi connectivity index (χ2n) is 7.16. The van der Waals surface area contributed by atoms with Crippen LogP contribution in [0.4, 0.5) is 10.5 Å². The van der Waals surface area contributed by atoms with E-state index in [1.165, 1.54) is 5.56 Å². The highest BCUT2D eigenvalue weighted by Gasteiger charge is 2.21. The van der Waals surface area contributed by atoms with Gasteiger partial charge >= 0.3 is 6.03 Å². The van der Waals surface area contributed by atoms with Crippen molar-refractivity contribution in [2.75, 3.05) is 18.5 Å². The molecule has 2 aromatic carbocycles. The minimum atomic E-state index is -0.258. The fourth-order valence-electron chi connectivity index (χ4n) is 2.60. The third kappa shape index (κ3) is 4.44. The highest BCUT2D eigenvalue weighted by molar-refractivity contribution is 5.89. The van der Waals surface area contributed by atoms with Gasteiger partial charge in [0.1, 0.15) is 6.61 Å². The molecule has 2 N–H and O–H groups in total. The third-order valence-electron chi connectivity index (χ3n) is 4.07. The number of rotatable bonds is 3. The second-order valence-corrected chi connectivity index (χ2v) is 7.16. The predicted molar refractivity (Wildman–Crippen MR) is 98.5 cm³/mol. The van der Waals surface area contributed by atoms with Crippen molar-refractivity contribution in [3.8, 4) is 11.5 Å². The molecular formula is C20H24N2O3. The normalized spacial score (nSPS) is 16.2. The van der Waals surface area contributed by atoms with Crippen LogP contribution in [0.3, 0.4) is 0 Å². The van der Waals surface area contributed by atoms with E-state index in [1.807, 2.05) is 48.5 Å². The first kappa shape index (κ1) is 17.1.